The van der Waals surface area contributed by atoms with Gasteiger partial charge in [0.2, 0.25) is 10.0 Å². The lowest BCUT2D eigenvalue weighted by molar-refractivity contribution is -0.138. The van der Waals surface area contributed by atoms with Gasteiger partial charge in [0.25, 0.3) is 0 Å². The van der Waals surface area contributed by atoms with Crippen molar-refractivity contribution in [3.05, 3.63) is 0 Å². The zero-order chi connectivity index (χ0) is 13.6. The summed E-state index contributed by atoms with van der Waals surface area (Å²) in [6.45, 7) is 1.26. The molecule has 1 aliphatic heterocycles. The van der Waals surface area contributed by atoms with Gasteiger partial charge in [-0.05, 0) is 25.2 Å². The first kappa shape index (κ1) is 15.4. The van der Waals surface area contributed by atoms with E-state index in [1.54, 1.807) is 0 Å². The molecule has 0 aliphatic carbocycles. The Morgan fingerprint density at radius 1 is 1.50 bits per heavy atom. The van der Waals surface area contributed by atoms with Gasteiger partial charge in [-0.1, -0.05) is 0 Å². The van der Waals surface area contributed by atoms with Crippen molar-refractivity contribution in [1.82, 2.24) is 4.31 Å². The summed E-state index contributed by atoms with van der Waals surface area (Å²) in [5, 5.41) is 8.74. The minimum Gasteiger partial charge on any atom is -0.481 e. The van der Waals surface area contributed by atoms with Crippen LogP contribution in [0.25, 0.3) is 0 Å². The Bertz CT molecular complexity index is 368. The minimum absolute atomic E-state index is 0.0457. The fraction of sp³-hybridized carbons (Fsp3) is 0.909. The Hall–Kier alpha value is -0.660. The van der Waals surface area contributed by atoms with E-state index in [-0.39, 0.29) is 18.1 Å². The molecule has 1 heterocycles. The number of carboxylic acid groups (broad SMARTS) is 1. The highest BCUT2D eigenvalue weighted by Crippen LogP contribution is 2.22. The molecular formula is C11H21NO5S. The van der Waals surface area contributed by atoms with Crippen LogP contribution in [-0.2, 0) is 19.6 Å². The van der Waals surface area contributed by atoms with Gasteiger partial charge < -0.3 is 9.84 Å². The number of hydrogen-bond donors (Lipinski definition) is 1. The molecule has 18 heavy (non-hydrogen) atoms. The largest absolute Gasteiger partial charge is 0.481 e. The zero-order valence-electron chi connectivity index (χ0n) is 10.7. The molecule has 1 rings (SSSR count). The van der Waals surface area contributed by atoms with Crippen LogP contribution in [0, 0.1) is 5.92 Å². The number of hydrogen-bond acceptors (Lipinski definition) is 4. The van der Waals surface area contributed by atoms with E-state index in [0.29, 0.717) is 26.1 Å². The van der Waals surface area contributed by atoms with Gasteiger partial charge in [-0.3, -0.25) is 4.79 Å². The Morgan fingerprint density at radius 3 is 2.83 bits per heavy atom. The van der Waals surface area contributed by atoms with Crippen molar-refractivity contribution in [2.45, 2.75) is 25.7 Å². The normalized spacial score (nSPS) is 21.9. The number of aliphatic carboxylic acids is 1. The van der Waals surface area contributed by atoms with Gasteiger partial charge in [0.05, 0.1) is 5.75 Å². The third-order valence-electron chi connectivity index (χ3n) is 3.09. The second-order valence-corrected chi connectivity index (χ2v) is 6.71. The van der Waals surface area contributed by atoms with E-state index in [0.717, 1.165) is 12.8 Å². The lowest BCUT2D eigenvalue weighted by Crippen LogP contribution is -2.41. The van der Waals surface area contributed by atoms with Crippen LogP contribution >= 0.6 is 0 Å². The Morgan fingerprint density at radius 2 is 2.22 bits per heavy atom. The number of carboxylic acids is 1. The summed E-state index contributed by atoms with van der Waals surface area (Å²) >= 11 is 0. The van der Waals surface area contributed by atoms with E-state index >= 15 is 0 Å². The van der Waals surface area contributed by atoms with Gasteiger partial charge in [-0.25, -0.2) is 12.7 Å². The molecule has 1 unspecified atom stereocenters. The highest BCUT2D eigenvalue weighted by atomic mass is 32.2. The fourth-order valence-electron chi connectivity index (χ4n) is 2.21. The molecule has 0 bridgehead atoms. The molecule has 0 aromatic rings. The molecule has 1 saturated heterocycles. The lowest BCUT2D eigenvalue weighted by Gasteiger charge is -2.31. The molecule has 1 atom stereocenters. The highest BCUT2D eigenvalue weighted by molar-refractivity contribution is 7.89. The van der Waals surface area contributed by atoms with Crippen LogP contribution in [0.5, 0.6) is 0 Å². The molecule has 6 nitrogen and oxygen atoms in total. The topological polar surface area (TPSA) is 83.9 Å². The molecule has 0 spiro atoms. The molecule has 0 saturated carbocycles. The summed E-state index contributed by atoms with van der Waals surface area (Å²) in [5.74, 6) is -0.854. The summed E-state index contributed by atoms with van der Waals surface area (Å²) in [4.78, 5) is 10.7. The number of carbonyl (C=O) groups is 1. The Labute approximate surface area is 108 Å². The first-order valence-electron chi connectivity index (χ1n) is 6.14. The predicted octanol–water partition coefficient (Wildman–Crippen LogP) is 0.539. The summed E-state index contributed by atoms with van der Waals surface area (Å²) in [5.41, 5.74) is 0. The van der Waals surface area contributed by atoms with E-state index < -0.39 is 16.0 Å². The van der Waals surface area contributed by atoms with E-state index in [1.165, 1.54) is 11.4 Å². The molecule has 0 aromatic heterocycles. The third kappa shape index (κ3) is 4.91. The van der Waals surface area contributed by atoms with Gasteiger partial charge >= 0.3 is 5.97 Å². The van der Waals surface area contributed by atoms with Gasteiger partial charge in [0.1, 0.15) is 0 Å². The molecule has 0 radical (unpaired) electrons. The summed E-state index contributed by atoms with van der Waals surface area (Å²) in [6, 6.07) is 0. The quantitative estimate of drug-likeness (QED) is 0.688. The smallest absolute Gasteiger partial charge is 0.303 e. The average molecular weight is 279 g/mol. The molecule has 1 N–H and O–H groups in total. The van der Waals surface area contributed by atoms with E-state index in [1.807, 2.05) is 0 Å². The molecule has 0 aromatic carbocycles. The van der Waals surface area contributed by atoms with Crippen LogP contribution in [-0.4, -0.2) is 56.4 Å². The summed E-state index contributed by atoms with van der Waals surface area (Å²) in [7, 11) is -1.73. The van der Waals surface area contributed by atoms with Crippen molar-refractivity contribution in [1.29, 1.82) is 0 Å². The van der Waals surface area contributed by atoms with Crippen molar-refractivity contribution in [3.8, 4) is 0 Å². The molecular weight excluding hydrogens is 258 g/mol. The standard InChI is InChI=1S/C11H21NO5S/c1-17-6-3-7-18(15,16)12-5-2-4-10(9-12)8-11(13)14/h10H,2-9H2,1H3,(H,13,14). The maximum atomic E-state index is 12.0. The second kappa shape index (κ2) is 7.06. The number of piperidine rings is 1. The van der Waals surface area contributed by atoms with E-state index in [9.17, 15) is 13.2 Å². The van der Waals surface area contributed by atoms with Gasteiger partial charge in [0.15, 0.2) is 0 Å². The number of ether oxygens (including phenoxy) is 1. The van der Waals surface area contributed by atoms with Crippen molar-refractivity contribution < 1.29 is 23.1 Å². The molecule has 106 valence electrons. The Balaban J connectivity index is 2.51. The number of sulfonamides is 1. The Kier molecular flexibility index (Phi) is 6.04. The minimum atomic E-state index is -3.26. The predicted molar refractivity (Wildman–Crippen MR) is 66.8 cm³/mol. The van der Waals surface area contributed by atoms with Crippen LogP contribution in [0.3, 0.4) is 0 Å². The van der Waals surface area contributed by atoms with Crippen LogP contribution in [0.1, 0.15) is 25.7 Å². The van der Waals surface area contributed by atoms with Crippen molar-refractivity contribution in [3.63, 3.8) is 0 Å². The van der Waals surface area contributed by atoms with Crippen molar-refractivity contribution in [2.75, 3.05) is 32.6 Å². The number of nitrogens with zero attached hydrogens (tertiary/aromatic N) is 1. The van der Waals surface area contributed by atoms with Crippen LogP contribution in [0.4, 0.5) is 0 Å². The fourth-order valence-corrected chi connectivity index (χ4v) is 3.79. The molecule has 7 heteroatoms. The van der Waals surface area contributed by atoms with E-state index in [2.05, 4.69) is 0 Å². The first-order chi connectivity index (χ1) is 8.45. The lowest BCUT2D eigenvalue weighted by atomic mass is 9.96. The molecule has 1 aliphatic rings. The second-order valence-electron chi connectivity index (χ2n) is 4.63. The molecule has 0 amide bonds. The SMILES string of the molecule is COCCCS(=O)(=O)N1CCCC(CC(=O)O)C1. The number of rotatable bonds is 7. The first-order valence-corrected chi connectivity index (χ1v) is 7.75. The van der Waals surface area contributed by atoms with Crippen molar-refractivity contribution in [2.24, 2.45) is 5.92 Å². The zero-order valence-corrected chi connectivity index (χ0v) is 11.5. The summed E-state index contributed by atoms with van der Waals surface area (Å²) < 4.78 is 30.3. The summed E-state index contributed by atoms with van der Waals surface area (Å²) in [6.07, 6.45) is 2.04. The monoisotopic (exact) mass is 279 g/mol. The maximum absolute atomic E-state index is 12.0. The number of methoxy groups -OCH3 is 1. The van der Waals surface area contributed by atoms with Crippen LogP contribution in [0.2, 0.25) is 0 Å². The van der Waals surface area contributed by atoms with Gasteiger partial charge in [0, 0.05) is 33.2 Å². The highest BCUT2D eigenvalue weighted by Gasteiger charge is 2.29. The maximum Gasteiger partial charge on any atom is 0.303 e. The van der Waals surface area contributed by atoms with Gasteiger partial charge in [-0.15, -0.1) is 0 Å². The van der Waals surface area contributed by atoms with Crippen LogP contribution in [0.15, 0.2) is 0 Å². The van der Waals surface area contributed by atoms with E-state index in [4.69, 9.17) is 9.84 Å². The molecule has 1 fully saturated rings. The average Bonchev–Trinajstić information content (AvgIpc) is 2.28. The van der Waals surface area contributed by atoms with Gasteiger partial charge in [-0.2, -0.15) is 0 Å². The van der Waals surface area contributed by atoms with Crippen LogP contribution < -0.4 is 0 Å². The third-order valence-corrected chi connectivity index (χ3v) is 5.01. The van der Waals surface area contributed by atoms with Crippen molar-refractivity contribution >= 4 is 16.0 Å².